The maximum absolute atomic E-state index is 5.07. The molecule has 0 aliphatic rings. The van der Waals surface area contributed by atoms with Gasteiger partial charge < -0.3 is 15.0 Å². The summed E-state index contributed by atoms with van der Waals surface area (Å²) in [5, 5.41) is 3.17. The Morgan fingerprint density at radius 3 is 2.71 bits per heavy atom. The monoisotopic (exact) mass is 236 g/mol. The summed E-state index contributed by atoms with van der Waals surface area (Å²) in [6.07, 6.45) is 1.06. The SMILES string of the molecule is CNCc1ccc(N(C)CCCOC)c(C)c1. The molecular weight excluding hydrogens is 212 g/mol. The zero-order valence-corrected chi connectivity index (χ0v) is 11.4. The molecule has 0 saturated heterocycles. The highest BCUT2D eigenvalue weighted by atomic mass is 16.5. The van der Waals surface area contributed by atoms with Crippen molar-refractivity contribution in [1.29, 1.82) is 0 Å². The third-order valence-electron chi connectivity index (χ3n) is 2.90. The lowest BCUT2D eigenvalue weighted by Gasteiger charge is -2.21. The summed E-state index contributed by atoms with van der Waals surface area (Å²) in [6.45, 7) is 4.94. The Morgan fingerprint density at radius 2 is 2.12 bits per heavy atom. The Morgan fingerprint density at radius 1 is 1.35 bits per heavy atom. The summed E-state index contributed by atoms with van der Waals surface area (Å²) >= 11 is 0. The third kappa shape index (κ3) is 4.36. The Bertz CT molecular complexity index is 339. The van der Waals surface area contributed by atoms with Crippen molar-refractivity contribution in [1.82, 2.24) is 5.32 Å². The number of nitrogens with zero attached hydrogens (tertiary/aromatic N) is 1. The summed E-state index contributed by atoms with van der Waals surface area (Å²) in [4.78, 5) is 2.29. The van der Waals surface area contributed by atoms with E-state index in [2.05, 4.69) is 42.4 Å². The molecule has 0 aliphatic carbocycles. The van der Waals surface area contributed by atoms with Crippen molar-refractivity contribution in [3.63, 3.8) is 0 Å². The molecule has 0 aromatic heterocycles. The van der Waals surface area contributed by atoms with Crippen molar-refractivity contribution in [2.75, 3.05) is 39.3 Å². The normalized spacial score (nSPS) is 10.6. The van der Waals surface area contributed by atoms with Gasteiger partial charge in [-0.1, -0.05) is 12.1 Å². The summed E-state index contributed by atoms with van der Waals surface area (Å²) in [6, 6.07) is 6.64. The van der Waals surface area contributed by atoms with Gasteiger partial charge in [-0.15, -0.1) is 0 Å². The highest BCUT2D eigenvalue weighted by molar-refractivity contribution is 5.53. The average molecular weight is 236 g/mol. The molecule has 3 nitrogen and oxygen atoms in total. The van der Waals surface area contributed by atoms with Gasteiger partial charge in [0, 0.05) is 39.5 Å². The maximum Gasteiger partial charge on any atom is 0.0479 e. The molecule has 0 saturated carbocycles. The number of hydrogen-bond acceptors (Lipinski definition) is 3. The molecule has 96 valence electrons. The first-order valence-corrected chi connectivity index (χ1v) is 6.13. The molecule has 0 amide bonds. The number of hydrogen-bond donors (Lipinski definition) is 1. The predicted octanol–water partition coefficient (Wildman–Crippen LogP) is 2.19. The van der Waals surface area contributed by atoms with Crippen LogP contribution in [0.1, 0.15) is 17.5 Å². The number of aryl methyl sites for hydroxylation is 1. The average Bonchev–Trinajstić information content (AvgIpc) is 2.29. The van der Waals surface area contributed by atoms with Gasteiger partial charge in [-0.05, 0) is 37.6 Å². The second-order valence-electron chi connectivity index (χ2n) is 4.42. The number of anilines is 1. The van der Waals surface area contributed by atoms with E-state index in [9.17, 15) is 0 Å². The van der Waals surface area contributed by atoms with Crippen LogP contribution < -0.4 is 10.2 Å². The second-order valence-corrected chi connectivity index (χ2v) is 4.42. The van der Waals surface area contributed by atoms with Gasteiger partial charge in [0.2, 0.25) is 0 Å². The van der Waals surface area contributed by atoms with Crippen molar-refractivity contribution in [3.05, 3.63) is 29.3 Å². The van der Waals surface area contributed by atoms with Crippen LogP contribution in [0.4, 0.5) is 5.69 Å². The van der Waals surface area contributed by atoms with Gasteiger partial charge in [-0.2, -0.15) is 0 Å². The molecule has 0 spiro atoms. The van der Waals surface area contributed by atoms with E-state index in [1.807, 2.05) is 7.05 Å². The molecule has 3 heteroatoms. The summed E-state index contributed by atoms with van der Waals surface area (Å²) in [7, 11) is 5.85. The van der Waals surface area contributed by atoms with Gasteiger partial charge in [0.15, 0.2) is 0 Å². The first-order valence-electron chi connectivity index (χ1n) is 6.13. The van der Waals surface area contributed by atoms with Gasteiger partial charge in [0.1, 0.15) is 0 Å². The molecule has 0 fully saturated rings. The Balaban J connectivity index is 2.63. The van der Waals surface area contributed by atoms with Crippen molar-refractivity contribution < 1.29 is 4.74 Å². The number of benzene rings is 1. The molecule has 0 radical (unpaired) electrons. The zero-order chi connectivity index (χ0) is 12.7. The molecule has 1 rings (SSSR count). The van der Waals surface area contributed by atoms with Gasteiger partial charge >= 0.3 is 0 Å². The van der Waals surface area contributed by atoms with Crippen LogP contribution in [-0.4, -0.2) is 34.4 Å². The largest absolute Gasteiger partial charge is 0.385 e. The Kier molecular flexibility index (Phi) is 6.01. The molecule has 1 aromatic carbocycles. The summed E-state index contributed by atoms with van der Waals surface area (Å²) in [5.41, 5.74) is 3.97. The van der Waals surface area contributed by atoms with E-state index < -0.39 is 0 Å². The lowest BCUT2D eigenvalue weighted by molar-refractivity contribution is 0.196. The topological polar surface area (TPSA) is 24.5 Å². The van der Waals surface area contributed by atoms with E-state index in [-0.39, 0.29) is 0 Å². The standard InChI is InChI=1S/C14H24N2O/c1-12-10-13(11-15-2)6-7-14(12)16(3)8-5-9-17-4/h6-7,10,15H,5,8-9,11H2,1-4H3. The van der Waals surface area contributed by atoms with Crippen molar-refractivity contribution in [2.24, 2.45) is 0 Å². The van der Waals surface area contributed by atoms with Crippen LogP contribution in [0.3, 0.4) is 0 Å². The molecule has 0 unspecified atom stereocenters. The van der Waals surface area contributed by atoms with Crippen LogP contribution in [0.15, 0.2) is 18.2 Å². The highest BCUT2D eigenvalue weighted by Crippen LogP contribution is 2.20. The van der Waals surface area contributed by atoms with E-state index in [0.717, 1.165) is 26.1 Å². The minimum atomic E-state index is 0.821. The lowest BCUT2D eigenvalue weighted by Crippen LogP contribution is -2.20. The first-order chi connectivity index (χ1) is 8.19. The van der Waals surface area contributed by atoms with E-state index in [0.29, 0.717) is 0 Å². The molecule has 0 atom stereocenters. The molecule has 17 heavy (non-hydrogen) atoms. The van der Waals surface area contributed by atoms with Crippen LogP contribution in [-0.2, 0) is 11.3 Å². The van der Waals surface area contributed by atoms with Crippen molar-refractivity contribution in [3.8, 4) is 0 Å². The first kappa shape index (κ1) is 14.0. The molecular formula is C14H24N2O. The molecule has 0 heterocycles. The van der Waals surface area contributed by atoms with E-state index in [1.54, 1.807) is 7.11 Å². The van der Waals surface area contributed by atoms with Gasteiger partial charge in [-0.25, -0.2) is 0 Å². The molecule has 1 N–H and O–H groups in total. The Hall–Kier alpha value is -1.06. The maximum atomic E-state index is 5.07. The fourth-order valence-electron chi connectivity index (χ4n) is 2.03. The molecule has 0 aliphatic heterocycles. The molecule has 1 aromatic rings. The van der Waals surface area contributed by atoms with Gasteiger partial charge in [0.25, 0.3) is 0 Å². The fraction of sp³-hybridized carbons (Fsp3) is 0.571. The minimum absolute atomic E-state index is 0.821. The van der Waals surface area contributed by atoms with Crippen molar-refractivity contribution in [2.45, 2.75) is 19.9 Å². The minimum Gasteiger partial charge on any atom is -0.385 e. The zero-order valence-electron chi connectivity index (χ0n) is 11.4. The smallest absolute Gasteiger partial charge is 0.0479 e. The van der Waals surface area contributed by atoms with Crippen LogP contribution >= 0.6 is 0 Å². The lowest BCUT2D eigenvalue weighted by atomic mass is 10.1. The predicted molar refractivity (Wildman–Crippen MR) is 73.7 cm³/mol. The number of ether oxygens (including phenoxy) is 1. The number of methoxy groups -OCH3 is 1. The Labute approximate surface area is 105 Å². The van der Waals surface area contributed by atoms with Gasteiger partial charge in [-0.3, -0.25) is 0 Å². The summed E-state index contributed by atoms with van der Waals surface area (Å²) < 4.78 is 5.07. The number of rotatable bonds is 7. The summed E-state index contributed by atoms with van der Waals surface area (Å²) in [5.74, 6) is 0. The quantitative estimate of drug-likeness (QED) is 0.734. The van der Waals surface area contributed by atoms with E-state index in [1.165, 1.54) is 16.8 Å². The fourth-order valence-corrected chi connectivity index (χ4v) is 2.03. The highest BCUT2D eigenvalue weighted by Gasteiger charge is 2.04. The van der Waals surface area contributed by atoms with Crippen LogP contribution in [0.25, 0.3) is 0 Å². The third-order valence-corrected chi connectivity index (χ3v) is 2.90. The van der Waals surface area contributed by atoms with Crippen LogP contribution in [0.2, 0.25) is 0 Å². The van der Waals surface area contributed by atoms with E-state index in [4.69, 9.17) is 4.74 Å². The van der Waals surface area contributed by atoms with E-state index >= 15 is 0 Å². The molecule has 0 bridgehead atoms. The second kappa shape index (κ2) is 7.30. The van der Waals surface area contributed by atoms with Gasteiger partial charge in [0.05, 0.1) is 0 Å². The number of nitrogens with one attached hydrogen (secondary N) is 1. The van der Waals surface area contributed by atoms with Crippen LogP contribution in [0, 0.1) is 6.92 Å². The van der Waals surface area contributed by atoms with Crippen LogP contribution in [0.5, 0.6) is 0 Å². The van der Waals surface area contributed by atoms with Crippen molar-refractivity contribution >= 4 is 5.69 Å².